The molecule has 2 rings (SSSR count). The minimum absolute atomic E-state index is 0.263. The number of hydrogen-bond donors (Lipinski definition) is 1. The minimum atomic E-state index is -4.44. The monoisotopic (exact) mass is 312 g/mol. The first-order valence-corrected chi connectivity index (χ1v) is 6.68. The van der Waals surface area contributed by atoms with Gasteiger partial charge in [-0.25, -0.2) is 0 Å². The number of halogens is 3. The zero-order chi connectivity index (χ0) is 16.2. The van der Waals surface area contributed by atoms with E-state index in [1.165, 1.54) is 10.9 Å². The number of nitrogens with one attached hydrogen (secondary N) is 1. The van der Waals surface area contributed by atoms with E-state index in [2.05, 4.69) is 15.4 Å². The van der Waals surface area contributed by atoms with Gasteiger partial charge in [0.2, 0.25) is 0 Å². The number of amides is 1. The molecule has 2 heterocycles. The maximum absolute atomic E-state index is 12.5. The van der Waals surface area contributed by atoms with E-state index in [4.69, 9.17) is 0 Å². The van der Waals surface area contributed by atoms with Crippen LogP contribution in [0.4, 0.5) is 13.2 Å². The van der Waals surface area contributed by atoms with Crippen LogP contribution in [0, 0.1) is 6.92 Å². The first-order chi connectivity index (χ1) is 10.4. The Morgan fingerprint density at radius 2 is 2.18 bits per heavy atom. The van der Waals surface area contributed by atoms with Crippen LogP contribution < -0.4 is 5.32 Å². The summed E-state index contributed by atoms with van der Waals surface area (Å²) >= 11 is 0. The molecule has 0 unspecified atom stereocenters. The summed E-state index contributed by atoms with van der Waals surface area (Å²) in [6.07, 6.45) is -0.950. The largest absolute Gasteiger partial charge is 0.435 e. The van der Waals surface area contributed by atoms with E-state index in [-0.39, 0.29) is 5.91 Å². The van der Waals surface area contributed by atoms with Crippen molar-refractivity contribution in [3.05, 3.63) is 47.5 Å². The number of hydrogen-bond acceptors (Lipinski definition) is 3. The van der Waals surface area contributed by atoms with Crippen LogP contribution >= 0.6 is 0 Å². The summed E-state index contributed by atoms with van der Waals surface area (Å²) in [5.41, 5.74) is -0.0209. The van der Waals surface area contributed by atoms with E-state index in [0.717, 1.165) is 6.07 Å². The number of aromatic nitrogens is 3. The molecule has 22 heavy (non-hydrogen) atoms. The van der Waals surface area contributed by atoms with Gasteiger partial charge in [0, 0.05) is 31.2 Å². The van der Waals surface area contributed by atoms with Crippen LogP contribution in [-0.4, -0.2) is 27.2 Å². The normalized spacial score (nSPS) is 11.5. The fraction of sp³-hybridized carbons (Fsp3) is 0.357. The van der Waals surface area contributed by atoms with Crippen LogP contribution in [0.5, 0.6) is 0 Å². The van der Waals surface area contributed by atoms with Gasteiger partial charge in [0.15, 0.2) is 5.69 Å². The van der Waals surface area contributed by atoms with Gasteiger partial charge in [0.05, 0.1) is 5.56 Å². The number of rotatable bonds is 5. The van der Waals surface area contributed by atoms with Crippen LogP contribution in [0.2, 0.25) is 0 Å². The van der Waals surface area contributed by atoms with Gasteiger partial charge in [-0.1, -0.05) is 0 Å². The van der Waals surface area contributed by atoms with Crippen molar-refractivity contribution in [3.63, 3.8) is 0 Å². The lowest BCUT2D eigenvalue weighted by molar-refractivity contribution is -0.141. The molecule has 0 spiro atoms. The molecule has 118 valence electrons. The van der Waals surface area contributed by atoms with Gasteiger partial charge in [-0.15, -0.1) is 0 Å². The Bertz CT molecular complexity index is 637. The molecular weight excluding hydrogens is 297 g/mol. The van der Waals surface area contributed by atoms with Gasteiger partial charge in [-0.3, -0.25) is 14.5 Å². The molecule has 0 saturated carbocycles. The van der Waals surface area contributed by atoms with Gasteiger partial charge >= 0.3 is 6.18 Å². The van der Waals surface area contributed by atoms with Crippen molar-refractivity contribution in [1.29, 1.82) is 0 Å². The number of alkyl halides is 3. The summed E-state index contributed by atoms with van der Waals surface area (Å²) in [6.45, 7) is 2.21. The Labute approximate surface area is 125 Å². The first kappa shape index (κ1) is 16.0. The quantitative estimate of drug-likeness (QED) is 0.863. The minimum Gasteiger partial charge on any atom is -0.352 e. The molecule has 0 atom stereocenters. The van der Waals surface area contributed by atoms with E-state index < -0.39 is 11.9 Å². The molecule has 5 nitrogen and oxygen atoms in total. The summed E-state index contributed by atoms with van der Waals surface area (Å²) in [5.74, 6) is -0.263. The van der Waals surface area contributed by atoms with E-state index in [9.17, 15) is 18.0 Å². The van der Waals surface area contributed by atoms with E-state index in [1.807, 2.05) is 0 Å². The Morgan fingerprint density at radius 3 is 2.77 bits per heavy atom. The molecule has 0 aliphatic heterocycles. The topological polar surface area (TPSA) is 59.8 Å². The average Bonchev–Trinajstić information content (AvgIpc) is 2.86. The molecule has 2 aromatic heterocycles. The fourth-order valence-corrected chi connectivity index (χ4v) is 1.90. The molecule has 0 fully saturated rings. The lowest BCUT2D eigenvalue weighted by Crippen LogP contribution is -2.25. The Balaban J connectivity index is 1.82. The van der Waals surface area contributed by atoms with Crippen molar-refractivity contribution in [2.24, 2.45) is 0 Å². The summed E-state index contributed by atoms with van der Waals surface area (Å²) < 4.78 is 38.9. The van der Waals surface area contributed by atoms with E-state index >= 15 is 0 Å². The molecular formula is C14H15F3N4O. The third-order valence-corrected chi connectivity index (χ3v) is 3.03. The fourth-order valence-electron chi connectivity index (χ4n) is 1.90. The Hall–Kier alpha value is -2.38. The van der Waals surface area contributed by atoms with Crippen LogP contribution in [-0.2, 0) is 12.7 Å². The first-order valence-electron chi connectivity index (χ1n) is 6.68. The lowest BCUT2D eigenvalue weighted by Gasteiger charge is -2.06. The second kappa shape index (κ2) is 6.59. The SMILES string of the molecule is Cc1cc(C(F)(F)F)nn1CCCNC(=O)c1cccnc1. The zero-order valence-corrected chi connectivity index (χ0v) is 11.9. The molecule has 0 aromatic carbocycles. The van der Waals surface area contributed by atoms with Crippen LogP contribution in [0.25, 0.3) is 0 Å². The third-order valence-electron chi connectivity index (χ3n) is 3.03. The molecule has 2 aromatic rings. The summed E-state index contributed by atoms with van der Waals surface area (Å²) in [4.78, 5) is 15.6. The summed E-state index contributed by atoms with van der Waals surface area (Å²) in [7, 11) is 0. The molecule has 0 saturated heterocycles. The smallest absolute Gasteiger partial charge is 0.352 e. The van der Waals surface area contributed by atoms with Gasteiger partial charge < -0.3 is 5.32 Å². The summed E-state index contributed by atoms with van der Waals surface area (Å²) in [5, 5.41) is 6.21. The van der Waals surface area contributed by atoms with Crippen molar-refractivity contribution in [2.75, 3.05) is 6.54 Å². The maximum atomic E-state index is 12.5. The lowest BCUT2D eigenvalue weighted by atomic mass is 10.2. The molecule has 1 N–H and O–H groups in total. The number of carbonyl (C=O) groups is 1. The molecule has 8 heteroatoms. The van der Waals surface area contributed by atoms with Gasteiger partial charge in [-0.05, 0) is 31.5 Å². The van der Waals surface area contributed by atoms with Gasteiger partial charge in [0.25, 0.3) is 5.91 Å². The van der Waals surface area contributed by atoms with E-state index in [1.54, 1.807) is 25.3 Å². The highest BCUT2D eigenvalue weighted by Gasteiger charge is 2.34. The van der Waals surface area contributed by atoms with Crippen molar-refractivity contribution in [3.8, 4) is 0 Å². The highest BCUT2D eigenvalue weighted by Crippen LogP contribution is 2.28. The highest BCUT2D eigenvalue weighted by atomic mass is 19.4. The number of carbonyl (C=O) groups excluding carboxylic acids is 1. The number of aryl methyl sites for hydroxylation is 2. The second-order valence-corrected chi connectivity index (χ2v) is 4.74. The van der Waals surface area contributed by atoms with Crippen molar-refractivity contribution < 1.29 is 18.0 Å². The third kappa shape index (κ3) is 4.06. The molecule has 1 amide bonds. The highest BCUT2D eigenvalue weighted by molar-refractivity contribution is 5.93. The van der Waals surface area contributed by atoms with Crippen LogP contribution in [0.1, 0.15) is 28.2 Å². The van der Waals surface area contributed by atoms with Gasteiger partial charge in [0.1, 0.15) is 0 Å². The molecule has 0 aliphatic rings. The van der Waals surface area contributed by atoms with Crippen LogP contribution in [0.15, 0.2) is 30.6 Å². The standard InChI is InChI=1S/C14H15F3N4O/c1-10-8-12(14(15,16)17)20-21(10)7-3-6-19-13(22)11-4-2-5-18-9-11/h2,4-5,8-9H,3,6-7H2,1H3,(H,19,22). The van der Waals surface area contributed by atoms with Gasteiger partial charge in [-0.2, -0.15) is 18.3 Å². The predicted octanol–water partition coefficient (Wildman–Crippen LogP) is 2.43. The molecule has 0 bridgehead atoms. The maximum Gasteiger partial charge on any atom is 0.435 e. The number of nitrogens with zero attached hydrogens (tertiary/aromatic N) is 3. The van der Waals surface area contributed by atoms with E-state index in [0.29, 0.717) is 30.8 Å². The summed E-state index contributed by atoms with van der Waals surface area (Å²) in [6, 6.07) is 4.30. The Kier molecular flexibility index (Phi) is 4.79. The molecule has 0 radical (unpaired) electrons. The van der Waals surface area contributed by atoms with Crippen molar-refractivity contribution >= 4 is 5.91 Å². The predicted molar refractivity (Wildman–Crippen MR) is 73.2 cm³/mol. The molecule has 0 aliphatic carbocycles. The van der Waals surface area contributed by atoms with Crippen molar-refractivity contribution in [2.45, 2.75) is 26.1 Å². The second-order valence-electron chi connectivity index (χ2n) is 4.74. The number of pyridine rings is 1. The van der Waals surface area contributed by atoms with Crippen LogP contribution in [0.3, 0.4) is 0 Å². The zero-order valence-electron chi connectivity index (χ0n) is 11.9. The van der Waals surface area contributed by atoms with Crippen molar-refractivity contribution in [1.82, 2.24) is 20.1 Å². The average molecular weight is 312 g/mol. The Morgan fingerprint density at radius 1 is 1.41 bits per heavy atom.